The highest BCUT2D eigenvalue weighted by Crippen LogP contribution is 2.30. The Morgan fingerprint density at radius 3 is 2.72 bits per heavy atom. The molecule has 1 rings (SSSR count). The normalized spacial score (nSPS) is 24.2. The molecule has 1 fully saturated rings. The second kappa shape index (κ2) is 8.48. The molecule has 106 valence electrons. The third-order valence-electron chi connectivity index (χ3n) is 3.76. The van der Waals surface area contributed by atoms with E-state index in [1.807, 2.05) is 0 Å². The average Bonchev–Trinajstić information content (AvgIpc) is 2.35. The summed E-state index contributed by atoms with van der Waals surface area (Å²) in [5, 5.41) is 3.18. The summed E-state index contributed by atoms with van der Waals surface area (Å²) in [5.74, 6) is 1.39. The van der Waals surface area contributed by atoms with Crippen LogP contribution in [0.1, 0.15) is 46.0 Å². The lowest BCUT2D eigenvalue weighted by molar-refractivity contribution is -0.123. The Morgan fingerprint density at radius 2 is 2.06 bits per heavy atom. The van der Waals surface area contributed by atoms with E-state index in [1.165, 1.54) is 19.3 Å². The van der Waals surface area contributed by atoms with E-state index in [-0.39, 0.29) is 5.91 Å². The lowest BCUT2D eigenvalue weighted by Gasteiger charge is -2.34. The summed E-state index contributed by atoms with van der Waals surface area (Å²) < 4.78 is 5.23. The van der Waals surface area contributed by atoms with E-state index in [0.29, 0.717) is 44.1 Å². The van der Waals surface area contributed by atoms with Gasteiger partial charge in [-0.3, -0.25) is 4.79 Å². The SMILES string of the molecule is CC(C)C1CCCCC1NC(=O)CCOCCN. The maximum atomic E-state index is 11.8. The van der Waals surface area contributed by atoms with Crippen molar-refractivity contribution in [2.45, 2.75) is 52.0 Å². The number of rotatable bonds is 7. The predicted octanol–water partition coefficient (Wildman–Crippen LogP) is 1.68. The Morgan fingerprint density at radius 1 is 1.33 bits per heavy atom. The summed E-state index contributed by atoms with van der Waals surface area (Å²) in [6.45, 7) is 6.02. The fourth-order valence-electron chi connectivity index (χ4n) is 2.77. The van der Waals surface area contributed by atoms with Crippen molar-refractivity contribution in [3.05, 3.63) is 0 Å². The average molecular weight is 256 g/mol. The van der Waals surface area contributed by atoms with E-state index >= 15 is 0 Å². The van der Waals surface area contributed by atoms with Crippen molar-refractivity contribution in [1.82, 2.24) is 5.32 Å². The summed E-state index contributed by atoms with van der Waals surface area (Å²) in [6.07, 6.45) is 5.35. The molecule has 0 aromatic carbocycles. The summed E-state index contributed by atoms with van der Waals surface area (Å²) in [5.41, 5.74) is 5.32. The van der Waals surface area contributed by atoms with E-state index in [9.17, 15) is 4.79 Å². The molecule has 0 aliphatic heterocycles. The second-order valence-electron chi connectivity index (χ2n) is 5.52. The molecule has 0 radical (unpaired) electrons. The van der Waals surface area contributed by atoms with Crippen LogP contribution in [0.4, 0.5) is 0 Å². The zero-order valence-electron chi connectivity index (χ0n) is 11.8. The molecule has 4 nitrogen and oxygen atoms in total. The maximum Gasteiger partial charge on any atom is 0.222 e. The quantitative estimate of drug-likeness (QED) is 0.681. The Bertz CT molecular complexity index is 244. The topological polar surface area (TPSA) is 64.3 Å². The van der Waals surface area contributed by atoms with Crippen LogP contribution in [0, 0.1) is 11.8 Å². The molecule has 0 aromatic heterocycles. The highest BCUT2D eigenvalue weighted by atomic mass is 16.5. The van der Waals surface area contributed by atoms with Gasteiger partial charge < -0.3 is 15.8 Å². The molecule has 2 atom stereocenters. The minimum absolute atomic E-state index is 0.115. The molecule has 18 heavy (non-hydrogen) atoms. The van der Waals surface area contributed by atoms with Gasteiger partial charge in [-0.05, 0) is 24.7 Å². The van der Waals surface area contributed by atoms with Crippen LogP contribution in [0.5, 0.6) is 0 Å². The first kappa shape index (κ1) is 15.4. The van der Waals surface area contributed by atoms with Crippen LogP contribution in [-0.2, 0) is 9.53 Å². The van der Waals surface area contributed by atoms with Crippen molar-refractivity contribution >= 4 is 5.91 Å². The maximum absolute atomic E-state index is 11.8. The van der Waals surface area contributed by atoms with Gasteiger partial charge in [0.15, 0.2) is 0 Å². The number of carbonyl (C=O) groups is 1. The van der Waals surface area contributed by atoms with Crippen molar-refractivity contribution in [3.63, 3.8) is 0 Å². The largest absolute Gasteiger partial charge is 0.380 e. The van der Waals surface area contributed by atoms with Crippen molar-refractivity contribution in [3.8, 4) is 0 Å². The molecule has 1 amide bonds. The van der Waals surface area contributed by atoms with Gasteiger partial charge in [0, 0.05) is 19.0 Å². The van der Waals surface area contributed by atoms with Crippen molar-refractivity contribution < 1.29 is 9.53 Å². The number of hydrogen-bond donors (Lipinski definition) is 2. The molecule has 0 bridgehead atoms. The van der Waals surface area contributed by atoms with Gasteiger partial charge in [0.25, 0.3) is 0 Å². The van der Waals surface area contributed by atoms with E-state index in [4.69, 9.17) is 10.5 Å². The molecule has 3 N–H and O–H groups in total. The van der Waals surface area contributed by atoms with Crippen LogP contribution < -0.4 is 11.1 Å². The van der Waals surface area contributed by atoms with Crippen LogP contribution in [0.15, 0.2) is 0 Å². The zero-order valence-corrected chi connectivity index (χ0v) is 11.8. The molecule has 2 unspecified atom stereocenters. The molecule has 4 heteroatoms. The predicted molar refractivity (Wildman–Crippen MR) is 73.2 cm³/mol. The standard InChI is InChI=1S/C14H28N2O2/c1-11(2)12-5-3-4-6-13(12)16-14(17)7-9-18-10-8-15/h11-13H,3-10,15H2,1-2H3,(H,16,17). The Kier molecular flexibility index (Phi) is 7.28. The molecule has 0 spiro atoms. The summed E-state index contributed by atoms with van der Waals surface area (Å²) in [7, 11) is 0. The van der Waals surface area contributed by atoms with Crippen LogP contribution in [0.3, 0.4) is 0 Å². The first-order chi connectivity index (χ1) is 8.65. The molecule has 1 aliphatic carbocycles. The van der Waals surface area contributed by atoms with Gasteiger partial charge in [0.1, 0.15) is 0 Å². The highest BCUT2D eigenvalue weighted by molar-refractivity contribution is 5.76. The first-order valence-electron chi connectivity index (χ1n) is 7.22. The van der Waals surface area contributed by atoms with Crippen molar-refractivity contribution in [2.75, 3.05) is 19.8 Å². The number of amides is 1. The number of carbonyl (C=O) groups excluding carboxylic acids is 1. The zero-order chi connectivity index (χ0) is 13.4. The molecular weight excluding hydrogens is 228 g/mol. The molecule has 0 saturated heterocycles. The third-order valence-corrected chi connectivity index (χ3v) is 3.76. The summed E-state index contributed by atoms with van der Waals surface area (Å²) in [4.78, 5) is 11.8. The molecule has 0 aromatic rings. The van der Waals surface area contributed by atoms with Gasteiger partial charge in [-0.15, -0.1) is 0 Å². The first-order valence-corrected chi connectivity index (χ1v) is 7.22. The summed E-state index contributed by atoms with van der Waals surface area (Å²) in [6, 6.07) is 0.362. The highest BCUT2D eigenvalue weighted by Gasteiger charge is 2.28. The van der Waals surface area contributed by atoms with E-state index in [2.05, 4.69) is 19.2 Å². The van der Waals surface area contributed by atoms with Crippen LogP contribution in [0.25, 0.3) is 0 Å². The van der Waals surface area contributed by atoms with Gasteiger partial charge in [-0.25, -0.2) is 0 Å². The fraction of sp³-hybridized carbons (Fsp3) is 0.929. The Labute approximate surface area is 111 Å². The van der Waals surface area contributed by atoms with Crippen LogP contribution >= 0.6 is 0 Å². The smallest absolute Gasteiger partial charge is 0.222 e. The van der Waals surface area contributed by atoms with Crippen molar-refractivity contribution in [1.29, 1.82) is 0 Å². The van der Waals surface area contributed by atoms with Gasteiger partial charge in [0.2, 0.25) is 5.91 Å². The lowest BCUT2D eigenvalue weighted by Crippen LogP contribution is -2.44. The van der Waals surface area contributed by atoms with Crippen molar-refractivity contribution in [2.24, 2.45) is 17.6 Å². The van der Waals surface area contributed by atoms with Gasteiger partial charge >= 0.3 is 0 Å². The fourth-order valence-corrected chi connectivity index (χ4v) is 2.77. The van der Waals surface area contributed by atoms with E-state index in [1.54, 1.807) is 0 Å². The monoisotopic (exact) mass is 256 g/mol. The minimum Gasteiger partial charge on any atom is -0.380 e. The molecule has 1 aliphatic rings. The lowest BCUT2D eigenvalue weighted by atomic mass is 9.78. The van der Waals surface area contributed by atoms with Crippen LogP contribution in [0.2, 0.25) is 0 Å². The second-order valence-corrected chi connectivity index (χ2v) is 5.52. The molecule has 0 heterocycles. The van der Waals surface area contributed by atoms with Gasteiger partial charge in [0.05, 0.1) is 13.2 Å². The number of ether oxygens (including phenoxy) is 1. The third kappa shape index (κ3) is 5.36. The van der Waals surface area contributed by atoms with Gasteiger partial charge in [-0.1, -0.05) is 26.7 Å². The Hall–Kier alpha value is -0.610. The number of nitrogens with two attached hydrogens (primary N) is 1. The number of hydrogen-bond acceptors (Lipinski definition) is 3. The van der Waals surface area contributed by atoms with Gasteiger partial charge in [-0.2, -0.15) is 0 Å². The van der Waals surface area contributed by atoms with E-state index in [0.717, 1.165) is 6.42 Å². The molecule has 1 saturated carbocycles. The minimum atomic E-state index is 0.115. The molecular formula is C14H28N2O2. The summed E-state index contributed by atoms with van der Waals surface area (Å²) >= 11 is 0. The van der Waals surface area contributed by atoms with E-state index < -0.39 is 0 Å². The number of nitrogens with one attached hydrogen (secondary N) is 1. The Balaban J connectivity index is 2.28. The van der Waals surface area contributed by atoms with Crippen LogP contribution in [-0.4, -0.2) is 31.7 Å².